The van der Waals surface area contributed by atoms with Crippen molar-refractivity contribution in [3.8, 4) is 5.88 Å². The summed E-state index contributed by atoms with van der Waals surface area (Å²) in [6.07, 6.45) is 1.41. The third-order valence-corrected chi connectivity index (χ3v) is 2.01. The van der Waals surface area contributed by atoms with E-state index in [1.165, 1.54) is 6.33 Å². The summed E-state index contributed by atoms with van der Waals surface area (Å²) in [4.78, 5) is 19.1. The molecule has 1 heterocycles. The molecule has 0 saturated heterocycles. The number of nitrogens with one attached hydrogen (secondary N) is 2. The van der Waals surface area contributed by atoms with Gasteiger partial charge in [0.1, 0.15) is 12.1 Å². The van der Waals surface area contributed by atoms with Gasteiger partial charge in [0.15, 0.2) is 0 Å². The molecule has 0 aliphatic rings. The number of hydrogen-bond donors (Lipinski definition) is 2. The van der Waals surface area contributed by atoms with Gasteiger partial charge in [-0.3, -0.25) is 4.79 Å². The van der Waals surface area contributed by atoms with Crippen LogP contribution in [0.25, 0.3) is 0 Å². The molecule has 1 amide bonds. The second-order valence-electron chi connectivity index (χ2n) is 3.11. The van der Waals surface area contributed by atoms with Crippen LogP contribution in [0, 0.1) is 6.92 Å². The summed E-state index contributed by atoms with van der Waals surface area (Å²) in [5, 5.41) is 5.44. The summed E-state index contributed by atoms with van der Waals surface area (Å²) in [6.45, 7) is 4.46. The molecule has 6 heteroatoms. The number of ether oxygens (including phenoxy) is 1. The lowest BCUT2D eigenvalue weighted by Gasteiger charge is -2.10. The lowest BCUT2D eigenvalue weighted by molar-refractivity contribution is -0.118. The second-order valence-corrected chi connectivity index (χ2v) is 3.11. The number of rotatable bonds is 5. The van der Waals surface area contributed by atoms with Gasteiger partial charge >= 0.3 is 0 Å². The van der Waals surface area contributed by atoms with Gasteiger partial charge < -0.3 is 15.4 Å². The minimum Gasteiger partial charge on any atom is -0.478 e. The van der Waals surface area contributed by atoms with Crippen molar-refractivity contribution >= 4 is 11.7 Å². The molecule has 0 bridgehead atoms. The number of carbonyl (C=O) groups excluding carboxylic acids is 1. The molecule has 0 aliphatic heterocycles. The van der Waals surface area contributed by atoms with Crippen LogP contribution in [0.2, 0.25) is 0 Å². The van der Waals surface area contributed by atoms with E-state index in [1.807, 2.05) is 13.8 Å². The van der Waals surface area contributed by atoms with E-state index in [0.717, 1.165) is 5.56 Å². The Bertz CT molecular complexity index is 368. The maximum Gasteiger partial charge on any atom is 0.239 e. The first-order chi connectivity index (χ1) is 7.69. The summed E-state index contributed by atoms with van der Waals surface area (Å²) in [5.74, 6) is 1.05. The number of carbonyl (C=O) groups is 1. The van der Waals surface area contributed by atoms with E-state index >= 15 is 0 Å². The third kappa shape index (κ3) is 3.08. The topological polar surface area (TPSA) is 76.1 Å². The highest BCUT2D eigenvalue weighted by atomic mass is 16.5. The molecule has 0 spiro atoms. The lowest BCUT2D eigenvalue weighted by atomic mass is 10.3. The molecule has 0 saturated carbocycles. The molecule has 0 atom stereocenters. The Morgan fingerprint density at radius 3 is 2.88 bits per heavy atom. The van der Waals surface area contributed by atoms with Crippen molar-refractivity contribution in [3.05, 3.63) is 11.9 Å². The molecular weight excluding hydrogens is 208 g/mol. The molecule has 1 aromatic rings. The molecule has 2 N–H and O–H groups in total. The second kappa shape index (κ2) is 5.89. The zero-order valence-corrected chi connectivity index (χ0v) is 9.70. The van der Waals surface area contributed by atoms with Gasteiger partial charge in [0.25, 0.3) is 0 Å². The van der Waals surface area contributed by atoms with Crippen molar-refractivity contribution in [2.45, 2.75) is 13.8 Å². The first-order valence-corrected chi connectivity index (χ1v) is 5.07. The Hall–Kier alpha value is -1.85. The fraction of sp³-hybridized carbons (Fsp3) is 0.500. The molecule has 0 aromatic carbocycles. The maximum atomic E-state index is 11.1. The highest BCUT2D eigenvalue weighted by Gasteiger charge is 2.08. The Labute approximate surface area is 94.4 Å². The van der Waals surface area contributed by atoms with Crippen LogP contribution in [0.4, 0.5) is 5.82 Å². The summed E-state index contributed by atoms with van der Waals surface area (Å²) in [6, 6.07) is 0. The van der Waals surface area contributed by atoms with Gasteiger partial charge in [-0.2, -0.15) is 0 Å². The first kappa shape index (κ1) is 12.2. The van der Waals surface area contributed by atoms with Crippen molar-refractivity contribution in [1.82, 2.24) is 15.3 Å². The van der Waals surface area contributed by atoms with Crippen LogP contribution in [0.3, 0.4) is 0 Å². The Balaban J connectivity index is 2.72. The largest absolute Gasteiger partial charge is 0.478 e. The number of hydrogen-bond acceptors (Lipinski definition) is 5. The lowest BCUT2D eigenvalue weighted by Crippen LogP contribution is -2.26. The number of anilines is 1. The molecule has 1 aromatic heterocycles. The summed E-state index contributed by atoms with van der Waals surface area (Å²) in [5.41, 5.74) is 0.799. The maximum absolute atomic E-state index is 11.1. The first-order valence-electron chi connectivity index (χ1n) is 5.07. The van der Waals surface area contributed by atoms with Crippen molar-refractivity contribution in [2.24, 2.45) is 0 Å². The van der Waals surface area contributed by atoms with Gasteiger partial charge in [0.2, 0.25) is 11.8 Å². The fourth-order valence-corrected chi connectivity index (χ4v) is 1.15. The van der Waals surface area contributed by atoms with Gasteiger partial charge in [-0.05, 0) is 13.8 Å². The molecular formula is C10H16N4O2. The zero-order valence-electron chi connectivity index (χ0n) is 9.70. The van der Waals surface area contributed by atoms with Gasteiger partial charge in [0, 0.05) is 7.05 Å². The van der Waals surface area contributed by atoms with Gasteiger partial charge in [-0.25, -0.2) is 9.97 Å². The molecule has 6 nitrogen and oxygen atoms in total. The average molecular weight is 224 g/mol. The van der Waals surface area contributed by atoms with Crippen LogP contribution in [0.5, 0.6) is 5.88 Å². The van der Waals surface area contributed by atoms with Gasteiger partial charge in [-0.15, -0.1) is 0 Å². The predicted molar refractivity (Wildman–Crippen MR) is 60.5 cm³/mol. The molecule has 0 radical (unpaired) electrons. The van der Waals surface area contributed by atoms with Crippen LogP contribution >= 0.6 is 0 Å². The summed E-state index contributed by atoms with van der Waals surface area (Å²) in [7, 11) is 1.59. The van der Waals surface area contributed by atoms with E-state index in [-0.39, 0.29) is 12.5 Å². The van der Waals surface area contributed by atoms with Crippen molar-refractivity contribution in [2.75, 3.05) is 25.5 Å². The van der Waals surface area contributed by atoms with E-state index < -0.39 is 0 Å². The molecule has 1 rings (SSSR count). The van der Waals surface area contributed by atoms with Crippen molar-refractivity contribution in [3.63, 3.8) is 0 Å². The molecule has 88 valence electrons. The Morgan fingerprint density at radius 2 is 2.25 bits per heavy atom. The highest BCUT2D eigenvalue weighted by molar-refractivity contribution is 5.80. The summed E-state index contributed by atoms with van der Waals surface area (Å²) >= 11 is 0. The fourth-order valence-electron chi connectivity index (χ4n) is 1.15. The van der Waals surface area contributed by atoms with E-state index in [4.69, 9.17) is 4.74 Å². The van der Waals surface area contributed by atoms with Crippen LogP contribution in [-0.2, 0) is 4.79 Å². The highest BCUT2D eigenvalue weighted by Crippen LogP contribution is 2.19. The predicted octanol–water partition coefficient (Wildman–Crippen LogP) is 0.342. The number of amides is 1. The number of nitrogens with zero attached hydrogens (tertiary/aromatic N) is 2. The smallest absolute Gasteiger partial charge is 0.239 e. The average Bonchev–Trinajstić information content (AvgIpc) is 2.30. The van der Waals surface area contributed by atoms with Gasteiger partial charge in [-0.1, -0.05) is 0 Å². The van der Waals surface area contributed by atoms with Crippen LogP contribution < -0.4 is 15.4 Å². The standard InChI is InChI=1S/C10H16N4O2/c1-4-16-10-7(2)9(13-6-14-10)12-5-8(15)11-3/h6H,4-5H2,1-3H3,(H,11,15)(H,12,13,14). The van der Waals surface area contributed by atoms with Crippen LogP contribution in [-0.4, -0.2) is 36.1 Å². The van der Waals surface area contributed by atoms with Crippen LogP contribution in [0.1, 0.15) is 12.5 Å². The Morgan fingerprint density at radius 1 is 1.50 bits per heavy atom. The van der Waals surface area contributed by atoms with E-state index in [9.17, 15) is 4.79 Å². The minimum absolute atomic E-state index is 0.101. The quantitative estimate of drug-likeness (QED) is 0.754. The van der Waals surface area contributed by atoms with Crippen molar-refractivity contribution < 1.29 is 9.53 Å². The molecule has 0 fully saturated rings. The zero-order chi connectivity index (χ0) is 12.0. The normalized spacial score (nSPS) is 9.69. The third-order valence-electron chi connectivity index (χ3n) is 2.01. The van der Waals surface area contributed by atoms with E-state index in [1.54, 1.807) is 7.05 Å². The molecule has 0 aliphatic carbocycles. The van der Waals surface area contributed by atoms with E-state index in [0.29, 0.717) is 18.3 Å². The van der Waals surface area contributed by atoms with Crippen molar-refractivity contribution in [1.29, 1.82) is 0 Å². The van der Waals surface area contributed by atoms with Crippen LogP contribution in [0.15, 0.2) is 6.33 Å². The molecule has 16 heavy (non-hydrogen) atoms. The van der Waals surface area contributed by atoms with Gasteiger partial charge in [0.05, 0.1) is 18.7 Å². The SMILES string of the molecule is CCOc1ncnc(NCC(=O)NC)c1C. The van der Waals surface area contributed by atoms with E-state index in [2.05, 4.69) is 20.6 Å². The Kier molecular flexibility index (Phi) is 4.50. The number of likely N-dealkylation sites (N-methyl/N-ethyl adjacent to an activating group) is 1. The number of aromatic nitrogens is 2. The molecule has 0 unspecified atom stereocenters. The summed E-state index contributed by atoms with van der Waals surface area (Å²) < 4.78 is 5.32. The monoisotopic (exact) mass is 224 g/mol. The minimum atomic E-state index is -0.101.